The minimum absolute atomic E-state index is 0.0389. The van der Waals surface area contributed by atoms with Gasteiger partial charge in [-0.05, 0) is 18.9 Å². The lowest BCUT2D eigenvalue weighted by Gasteiger charge is -2.31. The second kappa shape index (κ2) is 6.46. The lowest BCUT2D eigenvalue weighted by atomic mass is 9.91. The van der Waals surface area contributed by atoms with Crippen molar-refractivity contribution in [1.29, 1.82) is 0 Å². The maximum Gasteiger partial charge on any atom is 0.280 e. The number of hydrazone groups is 1. The number of hydrogen-bond donors (Lipinski definition) is 2. The van der Waals surface area contributed by atoms with Crippen LogP contribution in [0, 0.1) is 0 Å². The van der Waals surface area contributed by atoms with Gasteiger partial charge in [0.25, 0.3) is 11.8 Å². The number of allylic oxidation sites excluding steroid dienone is 2. The molecule has 9 heteroatoms. The molecule has 1 saturated carbocycles. The molecule has 0 aromatic carbocycles. The number of carbonyl (C=O) groups excluding carboxylic acids is 1. The van der Waals surface area contributed by atoms with Gasteiger partial charge in [0.2, 0.25) is 0 Å². The molecule has 1 aromatic rings. The molecule has 0 spiro atoms. The van der Waals surface area contributed by atoms with Crippen molar-refractivity contribution < 1.29 is 13.6 Å². The van der Waals surface area contributed by atoms with E-state index in [1.807, 2.05) is 24.4 Å². The molecule has 3 atom stereocenters. The summed E-state index contributed by atoms with van der Waals surface area (Å²) in [6, 6.07) is -1.18. The number of alkyl halides is 2. The standard InChI is InChI=1S/C17H19F2N5OS/c18-17(19)7-3-1-6-12(17)22-15(25)16-23-13(14(20)26-16)10-9-21-24-8-4-2-5-11(10)24/h2,4-5,8-12H,1,3,6-7,20H2,(H,22,25). The van der Waals surface area contributed by atoms with E-state index in [1.165, 1.54) is 0 Å². The maximum atomic E-state index is 14.0. The first-order valence-electron chi connectivity index (χ1n) is 8.58. The SMILES string of the molecule is Nc1sc(C(=O)NC2CCCCC2(F)F)nc1C1C=NN2C=CC=CC12. The van der Waals surface area contributed by atoms with Crippen molar-refractivity contribution in [2.75, 3.05) is 5.73 Å². The number of nitrogens with one attached hydrogen (secondary N) is 1. The Balaban J connectivity index is 1.51. The zero-order valence-electron chi connectivity index (χ0n) is 13.9. The number of nitrogens with zero attached hydrogens (tertiary/aromatic N) is 3. The van der Waals surface area contributed by atoms with E-state index in [9.17, 15) is 13.6 Å². The molecular weight excluding hydrogens is 360 g/mol. The van der Waals surface area contributed by atoms with Crippen LogP contribution in [0.15, 0.2) is 29.5 Å². The fraction of sp³-hybridized carbons (Fsp3) is 0.471. The summed E-state index contributed by atoms with van der Waals surface area (Å²) in [5.74, 6) is -3.65. The van der Waals surface area contributed by atoms with Crippen LogP contribution in [-0.4, -0.2) is 40.1 Å². The van der Waals surface area contributed by atoms with Crippen LogP contribution in [0.5, 0.6) is 0 Å². The molecule has 1 aromatic heterocycles. The molecular formula is C17H19F2N5OS. The average Bonchev–Trinajstić information content (AvgIpc) is 3.20. The van der Waals surface area contributed by atoms with E-state index in [4.69, 9.17) is 5.73 Å². The van der Waals surface area contributed by atoms with Gasteiger partial charge in [-0.25, -0.2) is 13.8 Å². The Labute approximate surface area is 153 Å². The van der Waals surface area contributed by atoms with Gasteiger partial charge in [0, 0.05) is 18.8 Å². The van der Waals surface area contributed by atoms with Crippen molar-refractivity contribution in [1.82, 2.24) is 15.3 Å². The fourth-order valence-electron chi connectivity index (χ4n) is 3.54. The number of rotatable bonds is 3. The predicted molar refractivity (Wildman–Crippen MR) is 96.3 cm³/mol. The van der Waals surface area contributed by atoms with Crippen LogP contribution in [0.3, 0.4) is 0 Å². The zero-order valence-corrected chi connectivity index (χ0v) is 14.8. The Morgan fingerprint density at radius 3 is 3.04 bits per heavy atom. The van der Waals surface area contributed by atoms with Gasteiger partial charge in [0.05, 0.1) is 23.7 Å². The molecule has 0 radical (unpaired) electrons. The van der Waals surface area contributed by atoms with Crippen molar-refractivity contribution in [2.24, 2.45) is 5.10 Å². The summed E-state index contributed by atoms with van der Waals surface area (Å²) in [5, 5.41) is 9.07. The van der Waals surface area contributed by atoms with Crippen LogP contribution in [0.2, 0.25) is 0 Å². The van der Waals surface area contributed by atoms with Crippen molar-refractivity contribution in [3.63, 3.8) is 0 Å². The minimum Gasteiger partial charge on any atom is -0.389 e. The molecule has 26 heavy (non-hydrogen) atoms. The summed E-state index contributed by atoms with van der Waals surface area (Å²) in [7, 11) is 0. The molecule has 3 unspecified atom stereocenters. The highest BCUT2D eigenvalue weighted by Gasteiger charge is 2.43. The molecule has 0 saturated heterocycles. The smallest absolute Gasteiger partial charge is 0.280 e. The molecule has 1 fully saturated rings. The number of nitrogens with two attached hydrogens (primary N) is 1. The van der Waals surface area contributed by atoms with Crippen molar-refractivity contribution in [3.8, 4) is 0 Å². The van der Waals surface area contributed by atoms with E-state index in [0.717, 1.165) is 11.3 Å². The molecule has 3 N–H and O–H groups in total. The number of carbonyl (C=O) groups is 1. The van der Waals surface area contributed by atoms with Crippen molar-refractivity contribution in [2.45, 2.75) is 49.6 Å². The number of amides is 1. The summed E-state index contributed by atoms with van der Waals surface area (Å²) in [6.45, 7) is 0. The Hall–Kier alpha value is -2.29. The summed E-state index contributed by atoms with van der Waals surface area (Å²) in [6.07, 6.45) is 10.6. The topological polar surface area (TPSA) is 83.6 Å². The third-order valence-corrected chi connectivity index (χ3v) is 5.85. The van der Waals surface area contributed by atoms with E-state index in [1.54, 1.807) is 11.2 Å². The maximum absolute atomic E-state index is 14.0. The summed E-state index contributed by atoms with van der Waals surface area (Å²) in [4.78, 5) is 16.8. The average molecular weight is 379 g/mol. The van der Waals surface area contributed by atoms with Crippen LogP contribution >= 0.6 is 11.3 Å². The molecule has 3 aliphatic rings. The van der Waals surface area contributed by atoms with E-state index in [0.29, 0.717) is 23.5 Å². The largest absolute Gasteiger partial charge is 0.389 e. The first-order chi connectivity index (χ1) is 12.5. The fourth-order valence-corrected chi connectivity index (χ4v) is 4.33. The number of hydrogen-bond acceptors (Lipinski definition) is 6. The summed E-state index contributed by atoms with van der Waals surface area (Å²) < 4.78 is 27.9. The molecule has 4 rings (SSSR count). The Morgan fingerprint density at radius 1 is 1.38 bits per heavy atom. The van der Waals surface area contributed by atoms with Crippen LogP contribution in [0.1, 0.15) is 47.1 Å². The van der Waals surface area contributed by atoms with Gasteiger partial charge in [-0.3, -0.25) is 9.80 Å². The monoisotopic (exact) mass is 379 g/mol. The summed E-state index contributed by atoms with van der Waals surface area (Å²) >= 11 is 1.02. The number of halogens is 2. The lowest BCUT2D eigenvalue weighted by molar-refractivity contribution is -0.0609. The van der Waals surface area contributed by atoms with Crippen LogP contribution < -0.4 is 11.1 Å². The van der Waals surface area contributed by atoms with Gasteiger partial charge in [-0.1, -0.05) is 29.9 Å². The Bertz CT molecular complexity index is 803. The number of aromatic nitrogens is 1. The van der Waals surface area contributed by atoms with Gasteiger partial charge >= 0.3 is 0 Å². The molecule has 3 heterocycles. The van der Waals surface area contributed by atoms with Crippen LogP contribution in [0.25, 0.3) is 0 Å². The second-order valence-corrected chi connectivity index (χ2v) is 7.72. The molecule has 0 bridgehead atoms. The normalized spacial score (nSPS) is 29.0. The third-order valence-electron chi connectivity index (χ3n) is 4.95. The Kier molecular flexibility index (Phi) is 4.26. The van der Waals surface area contributed by atoms with Crippen LogP contribution in [-0.2, 0) is 0 Å². The highest BCUT2D eigenvalue weighted by molar-refractivity contribution is 7.17. The van der Waals surface area contributed by atoms with Gasteiger partial charge in [0.15, 0.2) is 5.01 Å². The van der Waals surface area contributed by atoms with E-state index in [2.05, 4.69) is 15.4 Å². The number of thiazole rings is 1. The van der Waals surface area contributed by atoms with E-state index < -0.39 is 17.9 Å². The van der Waals surface area contributed by atoms with Crippen molar-refractivity contribution in [3.05, 3.63) is 35.1 Å². The molecule has 1 aliphatic carbocycles. The number of anilines is 1. The molecule has 2 aliphatic heterocycles. The minimum atomic E-state index is -2.88. The van der Waals surface area contributed by atoms with E-state index >= 15 is 0 Å². The Morgan fingerprint density at radius 2 is 2.23 bits per heavy atom. The third kappa shape index (κ3) is 3.00. The van der Waals surface area contributed by atoms with Gasteiger partial charge < -0.3 is 11.1 Å². The molecule has 138 valence electrons. The number of nitrogen functional groups attached to an aromatic ring is 1. The van der Waals surface area contributed by atoms with E-state index in [-0.39, 0.29) is 29.8 Å². The highest BCUT2D eigenvalue weighted by atomic mass is 32.1. The quantitative estimate of drug-likeness (QED) is 0.846. The zero-order chi connectivity index (χ0) is 18.3. The predicted octanol–water partition coefficient (Wildman–Crippen LogP) is 2.87. The lowest BCUT2D eigenvalue weighted by Crippen LogP contribution is -2.49. The summed E-state index contributed by atoms with van der Waals surface area (Å²) in [5.41, 5.74) is 6.63. The van der Waals surface area contributed by atoms with Gasteiger partial charge in [-0.15, -0.1) is 0 Å². The second-order valence-electron chi connectivity index (χ2n) is 6.69. The molecule has 1 amide bonds. The van der Waals surface area contributed by atoms with Crippen LogP contribution in [0.4, 0.5) is 13.8 Å². The molecule has 6 nitrogen and oxygen atoms in total. The number of fused-ring (bicyclic) bond motifs is 1. The van der Waals surface area contributed by atoms with Gasteiger partial charge in [-0.2, -0.15) is 5.10 Å². The van der Waals surface area contributed by atoms with Gasteiger partial charge in [0.1, 0.15) is 5.00 Å². The highest BCUT2D eigenvalue weighted by Crippen LogP contribution is 2.36. The first kappa shape index (κ1) is 17.1. The first-order valence-corrected chi connectivity index (χ1v) is 9.40. The van der Waals surface area contributed by atoms with Crippen molar-refractivity contribution >= 4 is 28.5 Å².